The number of amides is 1. The first-order valence-electron chi connectivity index (χ1n) is 5.29. The first-order valence-corrected chi connectivity index (χ1v) is 6.78. The van der Waals surface area contributed by atoms with Gasteiger partial charge in [-0.05, 0) is 19.1 Å². The zero-order valence-corrected chi connectivity index (χ0v) is 11.0. The summed E-state index contributed by atoms with van der Waals surface area (Å²) in [6.45, 7) is 1.57. The molecule has 0 aliphatic heterocycles. The van der Waals surface area contributed by atoms with Crippen LogP contribution in [0.2, 0.25) is 0 Å². The number of carbonyl (C=O) groups excluding carboxylic acids is 1. The first-order chi connectivity index (χ1) is 8.35. The molecule has 0 spiro atoms. The molecule has 1 atom stereocenters. The summed E-state index contributed by atoms with van der Waals surface area (Å²) in [7, 11) is -1.99. The SMILES string of the molecule is CNc1ccc(S(=O)(=O)NC(C)CC(N)=O)cn1. The monoisotopic (exact) mass is 272 g/mol. The molecule has 0 saturated carbocycles. The van der Waals surface area contributed by atoms with Gasteiger partial charge in [0.05, 0.1) is 0 Å². The molecule has 1 rings (SSSR count). The van der Waals surface area contributed by atoms with Crippen molar-refractivity contribution < 1.29 is 13.2 Å². The van der Waals surface area contributed by atoms with Crippen molar-refractivity contribution in [3.05, 3.63) is 18.3 Å². The number of anilines is 1. The second kappa shape index (κ2) is 5.78. The molecule has 1 aromatic rings. The molecule has 0 aliphatic rings. The van der Waals surface area contributed by atoms with Crippen LogP contribution in [0.15, 0.2) is 23.2 Å². The number of rotatable bonds is 6. The van der Waals surface area contributed by atoms with Crippen LogP contribution >= 0.6 is 0 Å². The van der Waals surface area contributed by atoms with E-state index in [0.717, 1.165) is 0 Å². The summed E-state index contributed by atoms with van der Waals surface area (Å²) in [4.78, 5) is 14.6. The van der Waals surface area contributed by atoms with E-state index in [1.165, 1.54) is 12.3 Å². The van der Waals surface area contributed by atoms with Gasteiger partial charge >= 0.3 is 0 Å². The van der Waals surface area contributed by atoms with Crippen LogP contribution in [0.3, 0.4) is 0 Å². The minimum absolute atomic E-state index is 0.0396. The predicted molar refractivity (Wildman–Crippen MR) is 67.4 cm³/mol. The second-order valence-electron chi connectivity index (χ2n) is 3.82. The van der Waals surface area contributed by atoms with E-state index >= 15 is 0 Å². The fourth-order valence-electron chi connectivity index (χ4n) is 1.36. The molecule has 0 bridgehead atoms. The average Bonchev–Trinajstić information content (AvgIpc) is 2.27. The van der Waals surface area contributed by atoms with Crippen molar-refractivity contribution >= 4 is 21.7 Å². The molecule has 0 saturated heterocycles. The van der Waals surface area contributed by atoms with Crippen molar-refractivity contribution in [3.63, 3.8) is 0 Å². The predicted octanol–water partition coefficient (Wildman–Crippen LogP) is -0.334. The molecule has 0 fully saturated rings. The van der Waals surface area contributed by atoms with Crippen molar-refractivity contribution in [2.45, 2.75) is 24.3 Å². The third-order valence-electron chi connectivity index (χ3n) is 2.17. The van der Waals surface area contributed by atoms with Crippen LogP contribution in [0.5, 0.6) is 0 Å². The molecule has 4 N–H and O–H groups in total. The number of nitrogens with zero attached hydrogens (tertiary/aromatic N) is 1. The van der Waals surface area contributed by atoms with E-state index in [1.807, 2.05) is 0 Å². The van der Waals surface area contributed by atoms with E-state index < -0.39 is 22.0 Å². The maximum Gasteiger partial charge on any atom is 0.242 e. The Morgan fingerprint density at radius 2 is 2.17 bits per heavy atom. The number of hydrogen-bond donors (Lipinski definition) is 3. The molecule has 0 aliphatic carbocycles. The Morgan fingerprint density at radius 1 is 1.50 bits per heavy atom. The molecule has 0 aromatic carbocycles. The Bertz CT molecular complexity index is 512. The maximum absolute atomic E-state index is 11.9. The minimum Gasteiger partial charge on any atom is -0.373 e. The van der Waals surface area contributed by atoms with Crippen molar-refractivity contribution in [2.75, 3.05) is 12.4 Å². The summed E-state index contributed by atoms with van der Waals surface area (Å²) < 4.78 is 26.2. The lowest BCUT2D eigenvalue weighted by atomic mass is 10.2. The molecule has 1 aromatic heterocycles. The number of primary amides is 1. The van der Waals surface area contributed by atoms with E-state index in [9.17, 15) is 13.2 Å². The van der Waals surface area contributed by atoms with E-state index in [-0.39, 0.29) is 11.3 Å². The standard InChI is InChI=1S/C10H16N4O3S/c1-7(5-9(11)15)14-18(16,17)8-3-4-10(12-2)13-6-8/h3-4,6-7,14H,5H2,1-2H3,(H2,11,15)(H,12,13). The average molecular weight is 272 g/mol. The third-order valence-corrected chi connectivity index (χ3v) is 3.74. The van der Waals surface area contributed by atoms with Crippen LogP contribution in [0.4, 0.5) is 5.82 Å². The van der Waals surface area contributed by atoms with Crippen LogP contribution in [-0.2, 0) is 14.8 Å². The molecular formula is C10H16N4O3S. The highest BCUT2D eigenvalue weighted by molar-refractivity contribution is 7.89. The Labute approximate surface area is 106 Å². The number of carbonyl (C=O) groups is 1. The normalized spacial score (nSPS) is 13.0. The molecule has 8 heteroatoms. The van der Waals surface area contributed by atoms with Gasteiger partial charge in [0.2, 0.25) is 15.9 Å². The number of pyridine rings is 1. The van der Waals surface area contributed by atoms with Gasteiger partial charge in [0.25, 0.3) is 0 Å². The number of nitrogens with one attached hydrogen (secondary N) is 2. The van der Waals surface area contributed by atoms with Crippen molar-refractivity contribution in [2.24, 2.45) is 5.73 Å². The molecular weight excluding hydrogens is 256 g/mol. The van der Waals surface area contributed by atoms with Gasteiger partial charge < -0.3 is 11.1 Å². The first kappa shape index (κ1) is 14.4. The van der Waals surface area contributed by atoms with Gasteiger partial charge in [-0.25, -0.2) is 18.1 Å². The summed E-state index contributed by atoms with van der Waals surface area (Å²) in [5.74, 6) is 0.00740. The summed E-state index contributed by atoms with van der Waals surface area (Å²) in [5.41, 5.74) is 4.99. The smallest absolute Gasteiger partial charge is 0.242 e. The molecule has 1 unspecified atom stereocenters. The van der Waals surface area contributed by atoms with E-state index in [0.29, 0.717) is 5.82 Å². The Kier molecular flexibility index (Phi) is 4.62. The zero-order chi connectivity index (χ0) is 13.8. The molecule has 100 valence electrons. The second-order valence-corrected chi connectivity index (χ2v) is 5.54. The third kappa shape index (κ3) is 3.97. The maximum atomic E-state index is 11.9. The molecule has 7 nitrogen and oxygen atoms in total. The van der Waals surface area contributed by atoms with E-state index in [1.54, 1.807) is 20.0 Å². The number of sulfonamides is 1. The molecule has 18 heavy (non-hydrogen) atoms. The Hall–Kier alpha value is -1.67. The summed E-state index contributed by atoms with van der Waals surface area (Å²) in [6.07, 6.45) is 1.19. The highest BCUT2D eigenvalue weighted by atomic mass is 32.2. The van der Waals surface area contributed by atoms with Gasteiger partial charge in [0.1, 0.15) is 10.7 Å². The van der Waals surface area contributed by atoms with Crippen molar-refractivity contribution in [3.8, 4) is 0 Å². The van der Waals surface area contributed by atoms with Crippen molar-refractivity contribution in [1.82, 2.24) is 9.71 Å². The van der Waals surface area contributed by atoms with E-state index in [4.69, 9.17) is 5.73 Å². The molecule has 1 amide bonds. The van der Waals surface area contributed by atoms with Crippen LogP contribution < -0.4 is 15.8 Å². The topological polar surface area (TPSA) is 114 Å². The fourth-order valence-corrected chi connectivity index (χ4v) is 2.55. The lowest BCUT2D eigenvalue weighted by Gasteiger charge is -2.12. The Balaban J connectivity index is 2.82. The van der Waals surface area contributed by atoms with Crippen LogP contribution in [0.1, 0.15) is 13.3 Å². The van der Waals surface area contributed by atoms with Gasteiger partial charge in [-0.2, -0.15) is 0 Å². The van der Waals surface area contributed by atoms with E-state index in [2.05, 4.69) is 15.0 Å². The summed E-state index contributed by atoms with van der Waals surface area (Å²) >= 11 is 0. The lowest BCUT2D eigenvalue weighted by molar-refractivity contribution is -0.118. The van der Waals surface area contributed by atoms with Gasteiger partial charge in [-0.3, -0.25) is 4.79 Å². The van der Waals surface area contributed by atoms with Crippen LogP contribution in [0, 0.1) is 0 Å². The minimum atomic E-state index is -3.68. The number of nitrogens with two attached hydrogens (primary N) is 1. The number of aromatic nitrogens is 1. The zero-order valence-electron chi connectivity index (χ0n) is 10.2. The summed E-state index contributed by atoms with van der Waals surface area (Å²) in [6, 6.07) is 2.42. The van der Waals surface area contributed by atoms with Gasteiger partial charge in [0.15, 0.2) is 0 Å². The highest BCUT2D eigenvalue weighted by Gasteiger charge is 2.18. The largest absolute Gasteiger partial charge is 0.373 e. The Morgan fingerprint density at radius 3 is 2.61 bits per heavy atom. The number of hydrogen-bond acceptors (Lipinski definition) is 5. The van der Waals surface area contributed by atoms with Gasteiger partial charge in [-0.15, -0.1) is 0 Å². The molecule has 1 heterocycles. The molecule has 0 radical (unpaired) electrons. The highest BCUT2D eigenvalue weighted by Crippen LogP contribution is 2.11. The fraction of sp³-hybridized carbons (Fsp3) is 0.400. The summed E-state index contributed by atoms with van der Waals surface area (Å²) in [5, 5.41) is 2.78. The van der Waals surface area contributed by atoms with Gasteiger partial charge in [0, 0.05) is 25.7 Å². The van der Waals surface area contributed by atoms with Crippen LogP contribution in [0.25, 0.3) is 0 Å². The van der Waals surface area contributed by atoms with Crippen molar-refractivity contribution in [1.29, 1.82) is 0 Å². The van der Waals surface area contributed by atoms with Crippen LogP contribution in [-0.4, -0.2) is 32.4 Å². The van der Waals surface area contributed by atoms with Gasteiger partial charge in [-0.1, -0.05) is 0 Å². The quantitative estimate of drug-likeness (QED) is 0.656. The lowest BCUT2D eigenvalue weighted by Crippen LogP contribution is -2.35.